The molecule has 0 aliphatic heterocycles. The molecule has 142 valence electrons. The van der Waals surface area contributed by atoms with Crippen molar-refractivity contribution < 1.29 is 19.1 Å². The van der Waals surface area contributed by atoms with E-state index in [-0.39, 0.29) is 11.5 Å². The van der Waals surface area contributed by atoms with Crippen molar-refractivity contribution in [2.75, 3.05) is 17.7 Å². The molecule has 0 atom stereocenters. The van der Waals surface area contributed by atoms with Crippen molar-refractivity contribution >= 4 is 35.0 Å². The number of hydrogen-bond donors (Lipinski definition) is 2. The first kappa shape index (κ1) is 19.1. The summed E-state index contributed by atoms with van der Waals surface area (Å²) in [4.78, 5) is 31.7. The zero-order chi connectivity index (χ0) is 19.9. The third-order valence-corrected chi connectivity index (χ3v) is 3.68. The number of nitrogen functional groups attached to an aromatic ring is 1. The van der Waals surface area contributed by atoms with Crippen LogP contribution in [0, 0.1) is 0 Å². The molecule has 0 spiro atoms. The van der Waals surface area contributed by atoms with E-state index >= 15 is 0 Å². The highest BCUT2D eigenvalue weighted by Crippen LogP contribution is 2.32. The van der Waals surface area contributed by atoms with Gasteiger partial charge in [0.2, 0.25) is 0 Å². The second-order valence-corrected chi connectivity index (χ2v) is 5.91. The molecule has 0 radical (unpaired) electrons. The molecule has 1 heterocycles. The lowest BCUT2D eigenvalue weighted by atomic mass is 10.2. The van der Waals surface area contributed by atoms with E-state index in [0.717, 1.165) is 0 Å². The molecule has 0 fully saturated rings. The monoisotopic (exact) mass is 398 g/mol. The van der Waals surface area contributed by atoms with E-state index in [1.807, 2.05) is 18.2 Å². The molecule has 3 N–H and O–H groups in total. The van der Waals surface area contributed by atoms with Crippen molar-refractivity contribution in [2.45, 2.75) is 0 Å². The van der Waals surface area contributed by atoms with Crippen molar-refractivity contribution in [3.63, 3.8) is 0 Å². The third kappa shape index (κ3) is 4.95. The highest BCUT2D eigenvalue weighted by Gasteiger charge is 2.16. The maximum absolute atomic E-state index is 12.2. The molecule has 1 amide bonds. The molecular formula is C19H15ClN4O4. The van der Waals surface area contributed by atoms with Crippen LogP contribution in [-0.4, -0.2) is 28.5 Å². The Hall–Kier alpha value is -3.65. The highest BCUT2D eigenvalue weighted by atomic mass is 35.5. The SMILES string of the molecule is Nc1nccnc1C(=O)OCC(=O)Nc1cc(Cl)ccc1Oc1ccccc1. The Bertz CT molecular complexity index is 998. The molecule has 8 nitrogen and oxygen atoms in total. The first-order valence-electron chi connectivity index (χ1n) is 8.09. The van der Waals surface area contributed by atoms with Gasteiger partial charge in [-0.2, -0.15) is 0 Å². The minimum atomic E-state index is -0.854. The number of hydrogen-bond acceptors (Lipinski definition) is 7. The first-order valence-corrected chi connectivity index (χ1v) is 8.46. The van der Waals surface area contributed by atoms with Crippen LogP contribution in [0.3, 0.4) is 0 Å². The van der Waals surface area contributed by atoms with Crippen LogP contribution in [0.5, 0.6) is 11.5 Å². The molecular weight excluding hydrogens is 384 g/mol. The summed E-state index contributed by atoms with van der Waals surface area (Å²) in [6.07, 6.45) is 2.64. The van der Waals surface area contributed by atoms with Crippen LogP contribution < -0.4 is 15.8 Å². The van der Waals surface area contributed by atoms with E-state index in [0.29, 0.717) is 22.2 Å². The fraction of sp³-hybridized carbons (Fsp3) is 0.0526. The summed E-state index contributed by atoms with van der Waals surface area (Å²) in [5.74, 6) is -0.553. The standard InChI is InChI=1S/C19H15ClN4O4/c20-12-6-7-15(28-13-4-2-1-3-5-13)14(10-12)24-16(25)11-27-19(26)17-18(21)23-9-8-22-17/h1-10H,11H2,(H2,21,23)(H,24,25). The van der Waals surface area contributed by atoms with E-state index in [2.05, 4.69) is 15.3 Å². The molecule has 0 unspecified atom stereocenters. The molecule has 3 aromatic rings. The summed E-state index contributed by atoms with van der Waals surface area (Å²) in [5, 5.41) is 3.00. The minimum Gasteiger partial charge on any atom is -0.455 e. The van der Waals surface area contributed by atoms with E-state index in [1.165, 1.54) is 18.5 Å². The summed E-state index contributed by atoms with van der Waals surface area (Å²) in [6, 6.07) is 13.8. The summed E-state index contributed by atoms with van der Waals surface area (Å²) >= 11 is 6.01. The lowest BCUT2D eigenvalue weighted by Gasteiger charge is -2.13. The number of halogens is 1. The summed E-state index contributed by atoms with van der Waals surface area (Å²) in [5.41, 5.74) is 5.72. The molecule has 9 heteroatoms. The van der Waals surface area contributed by atoms with Crippen LogP contribution >= 0.6 is 11.6 Å². The minimum absolute atomic E-state index is 0.0821. The average molecular weight is 399 g/mol. The fourth-order valence-corrected chi connectivity index (χ4v) is 2.37. The maximum Gasteiger partial charge on any atom is 0.361 e. The van der Waals surface area contributed by atoms with Gasteiger partial charge in [-0.1, -0.05) is 29.8 Å². The maximum atomic E-state index is 12.2. The fourth-order valence-electron chi connectivity index (χ4n) is 2.20. The predicted octanol–water partition coefficient (Wildman–Crippen LogP) is 3.30. The molecule has 0 saturated heterocycles. The number of esters is 1. The van der Waals surface area contributed by atoms with Crippen LogP contribution in [0.15, 0.2) is 60.9 Å². The summed E-state index contributed by atoms with van der Waals surface area (Å²) < 4.78 is 10.7. The van der Waals surface area contributed by atoms with Crippen LogP contribution in [0.4, 0.5) is 11.5 Å². The zero-order valence-electron chi connectivity index (χ0n) is 14.5. The van der Waals surface area contributed by atoms with Crippen molar-refractivity contribution in [3.05, 3.63) is 71.6 Å². The Morgan fingerprint density at radius 3 is 2.57 bits per heavy atom. The van der Waals surface area contributed by atoms with E-state index < -0.39 is 18.5 Å². The van der Waals surface area contributed by atoms with Crippen LogP contribution in [0.2, 0.25) is 5.02 Å². The molecule has 28 heavy (non-hydrogen) atoms. The number of anilines is 2. The second-order valence-electron chi connectivity index (χ2n) is 5.47. The lowest BCUT2D eigenvalue weighted by Crippen LogP contribution is -2.22. The van der Waals surface area contributed by atoms with Gasteiger partial charge in [-0.25, -0.2) is 14.8 Å². The zero-order valence-corrected chi connectivity index (χ0v) is 15.2. The highest BCUT2D eigenvalue weighted by molar-refractivity contribution is 6.31. The van der Waals surface area contributed by atoms with Gasteiger partial charge in [0, 0.05) is 17.4 Å². The van der Waals surface area contributed by atoms with Gasteiger partial charge < -0.3 is 20.5 Å². The van der Waals surface area contributed by atoms with Gasteiger partial charge >= 0.3 is 5.97 Å². The van der Waals surface area contributed by atoms with Crippen molar-refractivity contribution in [1.82, 2.24) is 9.97 Å². The molecule has 0 bridgehead atoms. The van der Waals surface area contributed by atoms with Gasteiger partial charge in [0.1, 0.15) is 5.75 Å². The molecule has 3 rings (SSSR count). The smallest absolute Gasteiger partial charge is 0.361 e. The van der Waals surface area contributed by atoms with Crippen molar-refractivity contribution in [3.8, 4) is 11.5 Å². The number of ether oxygens (including phenoxy) is 2. The van der Waals surface area contributed by atoms with Gasteiger partial charge in [-0.3, -0.25) is 4.79 Å². The van der Waals surface area contributed by atoms with Gasteiger partial charge in [0.05, 0.1) is 5.69 Å². The largest absolute Gasteiger partial charge is 0.455 e. The number of amides is 1. The van der Waals surface area contributed by atoms with E-state index in [4.69, 9.17) is 26.8 Å². The molecule has 2 aromatic carbocycles. The lowest BCUT2D eigenvalue weighted by molar-refractivity contribution is -0.119. The van der Waals surface area contributed by atoms with Crippen molar-refractivity contribution in [1.29, 1.82) is 0 Å². The number of carbonyl (C=O) groups excluding carboxylic acids is 2. The topological polar surface area (TPSA) is 116 Å². The number of nitrogens with one attached hydrogen (secondary N) is 1. The molecule has 0 aliphatic carbocycles. The number of rotatable bonds is 6. The van der Waals surface area contributed by atoms with E-state index in [9.17, 15) is 9.59 Å². The Morgan fingerprint density at radius 1 is 1.07 bits per heavy atom. The van der Waals surface area contributed by atoms with Crippen LogP contribution in [0.25, 0.3) is 0 Å². The van der Waals surface area contributed by atoms with Gasteiger partial charge in [-0.05, 0) is 30.3 Å². The molecule has 0 saturated carbocycles. The van der Waals surface area contributed by atoms with E-state index in [1.54, 1.807) is 24.3 Å². The normalized spacial score (nSPS) is 10.2. The number of benzene rings is 2. The van der Waals surface area contributed by atoms with Gasteiger partial charge in [-0.15, -0.1) is 0 Å². The van der Waals surface area contributed by atoms with Crippen molar-refractivity contribution in [2.24, 2.45) is 0 Å². The number of para-hydroxylation sites is 1. The van der Waals surface area contributed by atoms with Crippen LogP contribution in [0.1, 0.15) is 10.5 Å². The van der Waals surface area contributed by atoms with Gasteiger partial charge in [0.15, 0.2) is 23.9 Å². The number of carbonyl (C=O) groups is 2. The Kier molecular flexibility index (Phi) is 6.03. The average Bonchev–Trinajstić information content (AvgIpc) is 2.69. The number of nitrogens with two attached hydrogens (primary N) is 1. The first-order chi connectivity index (χ1) is 13.5. The Morgan fingerprint density at radius 2 is 1.82 bits per heavy atom. The Labute approximate surface area is 165 Å². The number of aromatic nitrogens is 2. The molecule has 1 aromatic heterocycles. The Balaban J connectivity index is 1.66. The predicted molar refractivity (Wildman–Crippen MR) is 103 cm³/mol. The summed E-state index contributed by atoms with van der Waals surface area (Å²) in [7, 11) is 0. The number of nitrogens with zero attached hydrogens (tertiary/aromatic N) is 2. The van der Waals surface area contributed by atoms with Crippen LogP contribution in [-0.2, 0) is 9.53 Å². The summed E-state index contributed by atoms with van der Waals surface area (Å²) in [6.45, 7) is -0.549. The molecule has 0 aliphatic rings. The van der Waals surface area contributed by atoms with Gasteiger partial charge in [0.25, 0.3) is 5.91 Å². The quantitative estimate of drug-likeness (QED) is 0.612. The third-order valence-electron chi connectivity index (χ3n) is 3.44. The second kappa shape index (κ2) is 8.83.